The van der Waals surface area contributed by atoms with Crippen LogP contribution in [0, 0.1) is 35.5 Å². The number of hydrogen-bond donors (Lipinski definition) is 9. The maximum Gasteiger partial charge on any atom is 0.310 e. The van der Waals surface area contributed by atoms with Crippen molar-refractivity contribution in [3.05, 3.63) is 99.9 Å². The molecule has 9 atom stereocenters. The van der Waals surface area contributed by atoms with Gasteiger partial charge in [-0.3, -0.25) is 42.4 Å². The van der Waals surface area contributed by atoms with E-state index in [0.717, 1.165) is 79.7 Å². The van der Waals surface area contributed by atoms with Crippen LogP contribution < -0.4 is 10.6 Å². The van der Waals surface area contributed by atoms with Crippen molar-refractivity contribution in [1.29, 1.82) is 0 Å². The van der Waals surface area contributed by atoms with E-state index < -0.39 is 158 Å². The highest BCUT2D eigenvalue weighted by atomic mass is 32.2. The van der Waals surface area contributed by atoms with Crippen LogP contribution in [0.2, 0.25) is 0 Å². The number of carbonyl (C=O) groups is 6. The summed E-state index contributed by atoms with van der Waals surface area (Å²) in [6.45, 7) is 1.97. The number of ether oxygens (including phenoxy) is 1. The number of aliphatic carboxylic acids is 3. The van der Waals surface area contributed by atoms with E-state index >= 15 is 0 Å². The normalized spacial score (nSPS) is 15.9. The molecule has 0 aromatic heterocycles. The maximum atomic E-state index is 15.0. The molecule has 3 rings (SSSR count). The van der Waals surface area contributed by atoms with Crippen molar-refractivity contribution < 1.29 is 87.7 Å². The van der Waals surface area contributed by atoms with Gasteiger partial charge in [0, 0.05) is 29.0 Å². The molecule has 0 aliphatic heterocycles. The summed E-state index contributed by atoms with van der Waals surface area (Å²) in [5.74, 6) is -29.0. The van der Waals surface area contributed by atoms with Gasteiger partial charge in [-0.2, -0.15) is 37.9 Å². The predicted molar refractivity (Wildman–Crippen MR) is 238 cm³/mol. The van der Waals surface area contributed by atoms with E-state index in [1.165, 1.54) is 13.8 Å². The number of carboxylic acid groups (broad SMARTS) is 3. The topological polar surface area (TPSA) is 408 Å². The van der Waals surface area contributed by atoms with Crippen molar-refractivity contribution in [3.8, 4) is 0 Å². The number of thiol groups is 1. The second-order valence-electron chi connectivity index (χ2n) is 15.1. The van der Waals surface area contributed by atoms with Crippen LogP contribution in [0.5, 0.6) is 0 Å². The highest BCUT2D eigenvalue weighted by molar-refractivity contribution is 7.86. The molecule has 0 fully saturated rings. The van der Waals surface area contributed by atoms with E-state index in [1.54, 1.807) is 0 Å². The van der Waals surface area contributed by atoms with Crippen LogP contribution in [0.1, 0.15) is 55.2 Å². The van der Waals surface area contributed by atoms with Gasteiger partial charge in [0.15, 0.2) is 0 Å². The van der Waals surface area contributed by atoms with Crippen LogP contribution in [0.3, 0.4) is 0 Å². The number of azide groups is 1. The molecule has 28 heteroatoms. The summed E-state index contributed by atoms with van der Waals surface area (Å²) in [6.07, 6.45) is 0. The summed E-state index contributed by atoms with van der Waals surface area (Å²) in [4.78, 5) is 85.0. The Balaban J connectivity index is 2.74. The molecular formula is C40H47N5O19S4. The Morgan fingerprint density at radius 2 is 1.00 bits per heavy atom. The van der Waals surface area contributed by atoms with Gasteiger partial charge in [0.1, 0.15) is 0 Å². The van der Waals surface area contributed by atoms with Crippen molar-refractivity contribution in [2.24, 2.45) is 40.6 Å². The van der Waals surface area contributed by atoms with Gasteiger partial charge in [-0.15, -0.1) is 0 Å². The number of benzene rings is 3. The minimum absolute atomic E-state index is 0.0312. The number of hydrogen-bond acceptors (Lipinski definition) is 15. The molecule has 0 bridgehead atoms. The number of amides is 2. The molecule has 3 aromatic rings. The zero-order valence-electron chi connectivity index (χ0n) is 36.0. The molecule has 0 aliphatic carbocycles. The molecule has 0 heterocycles. The predicted octanol–water partition coefficient (Wildman–Crippen LogP) is 3.06. The van der Waals surface area contributed by atoms with E-state index in [2.05, 4.69) is 33.3 Å². The number of carboxylic acids is 3. The number of rotatable bonds is 25. The van der Waals surface area contributed by atoms with Crippen LogP contribution in [-0.2, 0) is 63.9 Å². The Morgan fingerprint density at radius 1 is 0.618 bits per heavy atom. The molecule has 3 aromatic carbocycles. The van der Waals surface area contributed by atoms with Gasteiger partial charge < -0.3 is 30.7 Å². The Morgan fingerprint density at radius 3 is 1.35 bits per heavy atom. The Hall–Kier alpha value is -6.13. The Kier molecular flexibility index (Phi) is 19.6. The van der Waals surface area contributed by atoms with Gasteiger partial charge in [0.25, 0.3) is 30.4 Å². The fourth-order valence-electron chi connectivity index (χ4n) is 8.08. The summed E-state index contributed by atoms with van der Waals surface area (Å²) in [5.41, 5.74) is 8.31. The van der Waals surface area contributed by atoms with Gasteiger partial charge in [0.2, 0.25) is 11.8 Å². The minimum atomic E-state index is -5.01. The number of nitrogens with zero attached hydrogens (tertiary/aromatic N) is 3. The molecule has 0 spiro atoms. The molecule has 0 aliphatic rings. The van der Waals surface area contributed by atoms with E-state index in [9.17, 15) is 83.0 Å². The maximum absolute atomic E-state index is 15.0. The zero-order chi connectivity index (χ0) is 51.5. The molecular weight excluding hydrogens is 983 g/mol. The van der Waals surface area contributed by atoms with E-state index in [4.69, 9.17) is 10.3 Å². The van der Waals surface area contributed by atoms with Gasteiger partial charge in [0.05, 0.1) is 63.5 Å². The SMILES string of the molecule is CCOC(=O)C(C(C)C(=O)O)C(c1ccc(S(=O)(=O)O)cc1)C(C(=O)O)C(C(=O)NCN=[N+]=[N-])C(c1ccc(S(=O)(=O)O)cc1)C(C(=O)O)C(C(=O)NCCS)C(C)c1ccc(S(=O)(=O)O)cc1. The monoisotopic (exact) mass is 1030 g/mol. The summed E-state index contributed by atoms with van der Waals surface area (Å²) in [6, 6.07) is 10.6. The molecule has 0 saturated carbocycles. The summed E-state index contributed by atoms with van der Waals surface area (Å²) < 4.78 is 107. The average Bonchev–Trinajstić information content (AvgIpc) is 3.26. The lowest BCUT2D eigenvalue weighted by Gasteiger charge is -2.42. The summed E-state index contributed by atoms with van der Waals surface area (Å²) in [7, 11) is -14.8. The smallest absolute Gasteiger partial charge is 0.310 e. The van der Waals surface area contributed by atoms with Gasteiger partial charge in [-0.1, -0.05) is 55.4 Å². The molecule has 0 saturated heterocycles. The second-order valence-corrected chi connectivity index (χ2v) is 19.8. The first kappa shape index (κ1) is 56.2. The third-order valence-electron chi connectivity index (χ3n) is 11.2. The zero-order valence-corrected chi connectivity index (χ0v) is 39.3. The third-order valence-corrected chi connectivity index (χ3v) is 14.0. The van der Waals surface area contributed by atoms with Crippen LogP contribution >= 0.6 is 12.6 Å². The highest BCUT2D eigenvalue weighted by Gasteiger charge is 2.56. The van der Waals surface area contributed by atoms with Crippen LogP contribution in [0.15, 0.2) is 92.6 Å². The van der Waals surface area contributed by atoms with Gasteiger partial charge in [-0.25, -0.2) is 0 Å². The molecule has 68 heavy (non-hydrogen) atoms. The van der Waals surface area contributed by atoms with E-state index in [-0.39, 0.29) is 17.9 Å². The lowest BCUT2D eigenvalue weighted by atomic mass is 9.59. The minimum Gasteiger partial charge on any atom is -0.481 e. The van der Waals surface area contributed by atoms with Crippen molar-refractivity contribution >= 4 is 78.7 Å². The largest absolute Gasteiger partial charge is 0.481 e. The molecule has 8 N–H and O–H groups in total. The van der Waals surface area contributed by atoms with Crippen LogP contribution in [0.4, 0.5) is 0 Å². The molecule has 9 unspecified atom stereocenters. The van der Waals surface area contributed by atoms with Crippen molar-refractivity contribution in [2.45, 2.75) is 53.2 Å². The summed E-state index contributed by atoms with van der Waals surface area (Å²) in [5, 5.41) is 41.1. The lowest BCUT2D eigenvalue weighted by molar-refractivity contribution is -0.163. The summed E-state index contributed by atoms with van der Waals surface area (Å²) >= 11 is 4.10. The Labute approximate surface area is 394 Å². The van der Waals surface area contributed by atoms with Gasteiger partial charge in [-0.05, 0) is 71.5 Å². The first-order valence-corrected chi connectivity index (χ1v) is 24.8. The molecule has 2 amide bonds. The van der Waals surface area contributed by atoms with E-state index in [0.29, 0.717) is 0 Å². The van der Waals surface area contributed by atoms with Gasteiger partial charge >= 0.3 is 23.9 Å². The standard InChI is InChI=1S/C40H47N5O19S4/c1-4-64-40(54)29(21(3)37(48)49)30(23-7-13-26(14-8-23)67(58,59)60)34(39(52)53)32(36(47)43-19-44-45-41)31(24-9-15-27(16-10-24)68(61,62)63)33(38(50)51)28(35(46)42-17-18-65)20(2)22-5-11-25(12-6-22)66(55,56)57/h5-16,20-21,28-34,65H,4,17-19H2,1-3H3,(H,42,46)(H,43,47)(H,48,49)(H,50,51)(H,52,53)(H,55,56,57)(H,58,59,60)(H,61,62,63). The first-order chi connectivity index (χ1) is 31.6. The fourth-order valence-corrected chi connectivity index (χ4v) is 9.63. The average molecular weight is 1030 g/mol. The Bertz CT molecular complexity index is 2730. The fraction of sp³-hybridized carbons (Fsp3) is 0.400. The molecule has 24 nitrogen and oxygen atoms in total. The molecule has 370 valence electrons. The first-order valence-electron chi connectivity index (χ1n) is 19.9. The van der Waals surface area contributed by atoms with Crippen molar-refractivity contribution in [2.75, 3.05) is 25.6 Å². The van der Waals surface area contributed by atoms with E-state index in [1.807, 2.05) is 0 Å². The van der Waals surface area contributed by atoms with Crippen LogP contribution in [-0.4, -0.2) is 115 Å². The third kappa shape index (κ3) is 14.0. The molecule has 0 radical (unpaired) electrons. The second kappa shape index (κ2) is 23.7. The van der Waals surface area contributed by atoms with Crippen molar-refractivity contribution in [1.82, 2.24) is 10.6 Å². The number of esters is 1. The quantitative estimate of drug-likeness (QED) is 0.0147. The number of nitrogens with one attached hydrogen (secondary N) is 2. The highest BCUT2D eigenvalue weighted by Crippen LogP contribution is 2.51. The van der Waals surface area contributed by atoms with Crippen LogP contribution in [0.25, 0.3) is 10.4 Å². The van der Waals surface area contributed by atoms with Crippen molar-refractivity contribution in [3.63, 3.8) is 0 Å². The lowest BCUT2D eigenvalue weighted by Crippen LogP contribution is -2.52. The number of carbonyl (C=O) groups excluding carboxylic acids is 3.